The summed E-state index contributed by atoms with van der Waals surface area (Å²) in [5.74, 6) is 0.819. The van der Waals surface area contributed by atoms with E-state index in [4.69, 9.17) is 9.73 Å². The Labute approximate surface area is 164 Å². The number of nitrogens with zero attached hydrogens (tertiary/aromatic N) is 2. The van der Waals surface area contributed by atoms with Crippen LogP contribution in [0, 0.1) is 6.92 Å². The number of carbonyl (C=O) groups is 1. The Hall–Kier alpha value is -2.53. The van der Waals surface area contributed by atoms with Crippen LogP contribution in [0.15, 0.2) is 52.4 Å². The standard InChI is InChI=1S/C22H24N2O2S/c1-5-16-9-7-8-10-19(16)23-22-24(6-2)21(25)20(27-22)14-17-11-12-18(26-4)13-15(17)3/h7-14H,5-6H2,1-4H3/b20-14+,23-22?. The molecule has 0 atom stereocenters. The summed E-state index contributed by atoms with van der Waals surface area (Å²) in [7, 11) is 1.65. The first-order chi connectivity index (χ1) is 13.1. The predicted molar refractivity (Wildman–Crippen MR) is 114 cm³/mol. The number of rotatable bonds is 5. The topological polar surface area (TPSA) is 41.9 Å². The van der Waals surface area contributed by atoms with Crippen LogP contribution in [-0.2, 0) is 11.2 Å². The second-order valence-corrected chi connectivity index (χ2v) is 7.27. The van der Waals surface area contributed by atoms with Gasteiger partial charge in [0.2, 0.25) is 0 Å². The summed E-state index contributed by atoms with van der Waals surface area (Å²) < 4.78 is 5.26. The van der Waals surface area contributed by atoms with E-state index in [2.05, 4.69) is 13.0 Å². The molecule has 0 radical (unpaired) electrons. The van der Waals surface area contributed by atoms with Gasteiger partial charge in [0.1, 0.15) is 5.75 Å². The summed E-state index contributed by atoms with van der Waals surface area (Å²) >= 11 is 1.44. The molecule has 4 nitrogen and oxygen atoms in total. The van der Waals surface area contributed by atoms with Gasteiger partial charge in [-0.05, 0) is 73.0 Å². The fourth-order valence-corrected chi connectivity index (χ4v) is 4.02. The average molecular weight is 381 g/mol. The van der Waals surface area contributed by atoms with Crippen molar-refractivity contribution in [1.29, 1.82) is 0 Å². The van der Waals surface area contributed by atoms with Crippen LogP contribution < -0.4 is 4.74 Å². The first kappa shape index (κ1) is 19.2. The monoisotopic (exact) mass is 380 g/mol. The summed E-state index contributed by atoms with van der Waals surface area (Å²) in [6.07, 6.45) is 2.85. The predicted octanol–water partition coefficient (Wildman–Crippen LogP) is 5.19. The normalized spacial score (nSPS) is 17.2. The molecule has 27 heavy (non-hydrogen) atoms. The minimum Gasteiger partial charge on any atom is -0.497 e. The van der Waals surface area contributed by atoms with Gasteiger partial charge in [0.25, 0.3) is 5.91 Å². The highest BCUT2D eigenvalue weighted by Gasteiger charge is 2.32. The summed E-state index contributed by atoms with van der Waals surface area (Å²) in [6.45, 7) is 6.70. The van der Waals surface area contributed by atoms with Crippen LogP contribution >= 0.6 is 11.8 Å². The molecule has 0 aliphatic carbocycles. The lowest BCUT2D eigenvalue weighted by molar-refractivity contribution is -0.122. The van der Waals surface area contributed by atoms with Crippen LogP contribution in [0.3, 0.4) is 0 Å². The van der Waals surface area contributed by atoms with Gasteiger partial charge in [-0.3, -0.25) is 9.69 Å². The van der Waals surface area contributed by atoms with Gasteiger partial charge in [-0.25, -0.2) is 4.99 Å². The first-order valence-corrected chi connectivity index (χ1v) is 9.91. The Morgan fingerprint density at radius 1 is 1.19 bits per heavy atom. The summed E-state index contributed by atoms with van der Waals surface area (Å²) in [5.41, 5.74) is 4.19. The van der Waals surface area contributed by atoms with Crippen molar-refractivity contribution in [2.75, 3.05) is 13.7 Å². The Kier molecular flexibility index (Phi) is 6.01. The van der Waals surface area contributed by atoms with Gasteiger partial charge >= 0.3 is 0 Å². The fraction of sp³-hybridized carbons (Fsp3) is 0.273. The molecule has 1 amide bonds. The lowest BCUT2D eigenvalue weighted by atomic mass is 10.1. The molecular weight excluding hydrogens is 356 g/mol. The van der Waals surface area contributed by atoms with Crippen LogP contribution in [0.4, 0.5) is 5.69 Å². The van der Waals surface area contributed by atoms with Crippen molar-refractivity contribution in [2.45, 2.75) is 27.2 Å². The number of aliphatic imine (C=N–C) groups is 1. The summed E-state index contributed by atoms with van der Waals surface area (Å²) in [6, 6.07) is 13.9. The van der Waals surface area contributed by atoms with E-state index in [0.29, 0.717) is 11.4 Å². The number of aryl methyl sites for hydroxylation is 2. The largest absolute Gasteiger partial charge is 0.497 e. The minimum absolute atomic E-state index is 0.00504. The second kappa shape index (κ2) is 8.44. The van der Waals surface area contributed by atoms with Gasteiger partial charge in [0.05, 0.1) is 17.7 Å². The van der Waals surface area contributed by atoms with Gasteiger partial charge < -0.3 is 4.74 Å². The maximum atomic E-state index is 12.9. The maximum Gasteiger partial charge on any atom is 0.266 e. The number of likely N-dealkylation sites (N-methyl/N-ethyl adjacent to an activating group) is 1. The molecule has 5 heteroatoms. The third-order valence-electron chi connectivity index (χ3n) is 4.56. The molecule has 140 valence electrons. The molecule has 0 unspecified atom stereocenters. The first-order valence-electron chi connectivity index (χ1n) is 9.10. The molecule has 1 aliphatic heterocycles. The Morgan fingerprint density at radius 2 is 1.96 bits per heavy atom. The Balaban J connectivity index is 1.96. The fourth-order valence-electron chi connectivity index (χ4n) is 2.97. The SMILES string of the molecule is CCc1ccccc1N=C1S/C(=C/c2ccc(OC)cc2C)C(=O)N1CC. The number of carbonyl (C=O) groups excluding carboxylic acids is 1. The van der Waals surface area contributed by atoms with Crippen molar-refractivity contribution in [3.8, 4) is 5.75 Å². The van der Waals surface area contributed by atoms with E-state index in [-0.39, 0.29) is 5.91 Å². The van der Waals surface area contributed by atoms with E-state index in [1.165, 1.54) is 17.3 Å². The molecule has 0 N–H and O–H groups in total. The molecule has 0 saturated carbocycles. The van der Waals surface area contributed by atoms with E-state index in [1.807, 2.05) is 56.3 Å². The number of amidine groups is 1. The van der Waals surface area contributed by atoms with Gasteiger partial charge in [-0.1, -0.05) is 31.2 Å². The van der Waals surface area contributed by atoms with Crippen molar-refractivity contribution in [2.24, 2.45) is 4.99 Å². The van der Waals surface area contributed by atoms with Gasteiger partial charge in [0.15, 0.2) is 5.17 Å². The number of para-hydroxylation sites is 1. The van der Waals surface area contributed by atoms with Crippen LogP contribution in [0.25, 0.3) is 6.08 Å². The average Bonchev–Trinajstić information content (AvgIpc) is 2.98. The molecule has 0 bridgehead atoms. The smallest absolute Gasteiger partial charge is 0.266 e. The zero-order chi connectivity index (χ0) is 19.4. The van der Waals surface area contributed by atoms with E-state index >= 15 is 0 Å². The van der Waals surface area contributed by atoms with Crippen LogP contribution in [0.1, 0.15) is 30.5 Å². The van der Waals surface area contributed by atoms with Crippen molar-refractivity contribution >= 4 is 34.6 Å². The van der Waals surface area contributed by atoms with Gasteiger partial charge in [-0.2, -0.15) is 0 Å². The van der Waals surface area contributed by atoms with E-state index in [9.17, 15) is 4.79 Å². The summed E-state index contributed by atoms with van der Waals surface area (Å²) in [4.78, 5) is 20.1. The Bertz CT molecular complexity index is 918. The Morgan fingerprint density at radius 3 is 2.63 bits per heavy atom. The van der Waals surface area contributed by atoms with E-state index in [0.717, 1.165) is 34.2 Å². The quantitative estimate of drug-likeness (QED) is 0.670. The molecule has 0 spiro atoms. The zero-order valence-corrected chi connectivity index (χ0v) is 17.0. The highest BCUT2D eigenvalue weighted by molar-refractivity contribution is 8.18. The van der Waals surface area contributed by atoms with Crippen molar-refractivity contribution in [3.05, 3.63) is 64.1 Å². The number of methoxy groups -OCH3 is 1. The lowest BCUT2D eigenvalue weighted by Gasteiger charge is -2.13. The second-order valence-electron chi connectivity index (χ2n) is 6.26. The van der Waals surface area contributed by atoms with Crippen LogP contribution in [0.2, 0.25) is 0 Å². The highest BCUT2D eigenvalue weighted by Crippen LogP contribution is 2.35. The van der Waals surface area contributed by atoms with Crippen LogP contribution in [0.5, 0.6) is 5.75 Å². The maximum absolute atomic E-state index is 12.9. The molecule has 1 fully saturated rings. The number of amides is 1. The molecular formula is C22H24N2O2S. The van der Waals surface area contributed by atoms with Gasteiger partial charge in [-0.15, -0.1) is 0 Å². The summed E-state index contributed by atoms with van der Waals surface area (Å²) in [5, 5.41) is 0.737. The van der Waals surface area contributed by atoms with E-state index < -0.39 is 0 Å². The highest BCUT2D eigenvalue weighted by atomic mass is 32.2. The molecule has 2 aromatic carbocycles. The number of hydrogen-bond donors (Lipinski definition) is 0. The third-order valence-corrected chi connectivity index (χ3v) is 5.56. The van der Waals surface area contributed by atoms with Crippen molar-refractivity contribution < 1.29 is 9.53 Å². The van der Waals surface area contributed by atoms with Crippen LogP contribution in [-0.4, -0.2) is 29.6 Å². The van der Waals surface area contributed by atoms with Crippen molar-refractivity contribution in [1.82, 2.24) is 4.90 Å². The molecule has 1 heterocycles. The zero-order valence-electron chi connectivity index (χ0n) is 16.2. The minimum atomic E-state index is 0.00504. The van der Waals surface area contributed by atoms with Crippen molar-refractivity contribution in [3.63, 3.8) is 0 Å². The number of benzene rings is 2. The molecule has 1 saturated heterocycles. The molecule has 2 aromatic rings. The lowest BCUT2D eigenvalue weighted by Crippen LogP contribution is -2.28. The molecule has 1 aliphatic rings. The molecule has 0 aromatic heterocycles. The number of hydrogen-bond acceptors (Lipinski definition) is 4. The third kappa shape index (κ3) is 4.08. The number of thioether (sulfide) groups is 1. The van der Waals surface area contributed by atoms with E-state index in [1.54, 1.807) is 12.0 Å². The number of ether oxygens (including phenoxy) is 1. The van der Waals surface area contributed by atoms with Gasteiger partial charge in [0, 0.05) is 6.54 Å². The molecule has 3 rings (SSSR count).